The second-order valence-corrected chi connectivity index (χ2v) is 12.3. The van der Waals surface area contributed by atoms with Gasteiger partial charge >= 0.3 is 0 Å². The van der Waals surface area contributed by atoms with Gasteiger partial charge in [0.25, 0.3) is 0 Å². The highest BCUT2D eigenvalue weighted by Crippen LogP contribution is 2.60. The molecule has 5 rings (SSSR count). The predicted octanol–water partition coefficient (Wildman–Crippen LogP) is 1.96. The number of alkyl halides is 1. The standard InChI is InChI=1S/C29H37BrN6O5/c1-5-12-33(13-6-2)26(38)22-23-27(39)36(18(4)16-37)25(29(23)15-19(30)24(22)41-29)28(40)34(14-7-3)17-35-21-11-9-8-10-20(21)31-32-35/h5,7-11,18-19,22-25,37H,1,3,6,12-17H2,2,4H3/t18-,19?,22+,23+,24+,25?,29?/m1/s1. The van der Waals surface area contributed by atoms with Crippen molar-refractivity contribution in [3.05, 3.63) is 49.6 Å². The molecule has 1 aromatic heterocycles. The number of hydrogen-bond donors (Lipinski definition) is 1. The molecule has 0 radical (unpaired) electrons. The van der Waals surface area contributed by atoms with Crippen LogP contribution in [-0.2, 0) is 25.8 Å². The molecule has 3 amide bonds. The van der Waals surface area contributed by atoms with Crippen LogP contribution in [0.4, 0.5) is 0 Å². The number of nitrogens with zero attached hydrogens (tertiary/aromatic N) is 6. The summed E-state index contributed by atoms with van der Waals surface area (Å²) in [5, 5.41) is 18.6. The molecular weight excluding hydrogens is 592 g/mol. The fourth-order valence-corrected chi connectivity index (χ4v) is 7.79. The number of carbonyl (C=O) groups excluding carboxylic acids is 3. The van der Waals surface area contributed by atoms with E-state index in [9.17, 15) is 19.5 Å². The Hall–Kier alpha value is -3.09. The number of benzene rings is 1. The van der Waals surface area contributed by atoms with E-state index in [1.54, 1.807) is 33.6 Å². The molecule has 0 aliphatic carbocycles. The SMILES string of the molecule is C=CCN(Cn1nnc2ccccc21)C(=O)C1N([C@H](C)CO)C(=O)[C@@H]2[C@H](C(=O)N(CC=C)CCC)[C@H]3OC12CC3Br. The summed E-state index contributed by atoms with van der Waals surface area (Å²) in [5.41, 5.74) is 0.226. The zero-order valence-corrected chi connectivity index (χ0v) is 25.0. The van der Waals surface area contributed by atoms with Crippen molar-refractivity contribution in [2.75, 3.05) is 26.2 Å². The van der Waals surface area contributed by atoms with Gasteiger partial charge in [0, 0.05) is 24.5 Å². The topological polar surface area (TPSA) is 121 Å². The molecule has 41 heavy (non-hydrogen) atoms. The van der Waals surface area contributed by atoms with Crippen molar-refractivity contribution in [1.82, 2.24) is 29.7 Å². The molecule has 4 heterocycles. The van der Waals surface area contributed by atoms with Gasteiger partial charge in [-0.2, -0.15) is 0 Å². The minimum absolute atomic E-state index is 0.0747. The van der Waals surface area contributed by atoms with E-state index >= 15 is 0 Å². The van der Waals surface area contributed by atoms with Crippen LogP contribution in [0.5, 0.6) is 0 Å². The van der Waals surface area contributed by atoms with E-state index in [2.05, 4.69) is 39.4 Å². The number of ether oxygens (including phenoxy) is 1. The zero-order chi connectivity index (χ0) is 29.5. The maximum atomic E-state index is 14.6. The number of carbonyl (C=O) groups is 3. The van der Waals surface area contributed by atoms with Crippen LogP contribution in [0.25, 0.3) is 11.0 Å². The molecule has 3 unspecified atom stereocenters. The lowest BCUT2D eigenvalue weighted by molar-refractivity contribution is -0.152. The van der Waals surface area contributed by atoms with Crippen molar-refractivity contribution < 1.29 is 24.2 Å². The third kappa shape index (κ3) is 4.69. The second kappa shape index (κ2) is 11.7. The lowest BCUT2D eigenvalue weighted by Gasteiger charge is -2.38. The number of rotatable bonds is 12. The minimum atomic E-state index is -1.23. The van der Waals surface area contributed by atoms with Crippen LogP contribution in [0.15, 0.2) is 49.6 Å². The molecule has 1 aromatic carbocycles. The van der Waals surface area contributed by atoms with Crippen LogP contribution < -0.4 is 0 Å². The zero-order valence-electron chi connectivity index (χ0n) is 23.4. The molecule has 12 heteroatoms. The van der Waals surface area contributed by atoms with Gasteiger partial charge in [-0.1, -0.05) is 52.4 Å². The maximum Gasteiger partial charge on any atom is 0.250 e. The van der Waals surface area contributed by atoms with Gasteiger partial charge < -0.3 is 24.5 Å². The molecule has 3 saturated heterocycles. The van der Waals surface area contributed by atoms with E-state index in [4.69, 9.17) is 4.74 Å². The van der Waals surface area contributed by atoms with Crippen LogP contribution in [-0.4, -0.2) is 107 Å². The molecule has 0 saturated carbocycles. The average Bonchev–Trinajstić information content (AvgIpc) is 3.68. The first-order chi connectivity index (χ1) is 19.7. The molecule has 2 aromatic rings. The Morgan fingerprint density at radius 2 is 1.95 bits per heavy atom. The van der Waals surface area contributed by atoms with E-state index in [1.807, 2.05) is 31.2 Å². The Balaban J connectivity index is 1.55. The van der Waals surface area contributed by atoms with Crippen molar-refractivity contribution in [2.24, 2.45) is 11.8 Å². The monoisotopic (exact) mass is 628 g/mol. The van der Waals surface area contributed by atoms with Gasteiger partial charge in [0.1, 0.15) is 23.8 Å². The lowest BCUT2D eigenvalue weighted by atomic mass is 9.70. The van der Waals surface area contributed by atoms with Crippen molar-refractivity contribution in [3.8, 4) is 0 Å². The molecule has 7 atom stereocenters. The maximum absolute atomic E-state index is 14.6. The summed E-state index contributed by atoms with van der Waals surface area (Å²) in [7, 11) is 0. The summed E-state index contributed by atoms with van der Waals surface area (Å²) in [4.78, 5) is 47.3. The number of hydrogen-bond acceptors (Lipinski definition) is 7. The second-order valence-electron chi connectivity index (χ2n) is 11.1. The number of likely N-dealkylation sites (tertiary alicyclic amines) is 1. The van der Waals surface area contributed by atoms with Crippen molar-refractivity contribution >= 4 is 44.7 Å². The number of aliphatic hydroxyl groups excluding tert-OH is 1. The van der Waals surface area contributed by atoms with Gasteiger partial charge in [-0.05, 0) is 31.9 Å². The van der Waals surface area contributed by atoms with E-state index in [0.29, 0.717) is 25.0 Å². The van der Waals surface area contributed by atoms with Crippen LogP contribution in [0.1, 0.15) is 26.7 Å². The number of halogens is 1. The first-order valence-corrected chi connectivity index (χ1v) is 15.0. The Bertz CT molecular complexity index is 1350. The fraction of sp³-hybridized carbons (Fsp3) is 0.552. The largest absolute Gasteiger partial charge is 0.394 e. The fourth-order valence-electron chi connectivity index (χ4n) is 6.85. The first-order valence-electron chi connectivity index (χ1n) is 14.1. The lowest BCUT2D eigenvalue weighted by Crippen LogP contribution is -2.58. The van der Waals surface area contributed by atoms with Gasteiger partial charge in [-0.3, -0.25) is 14.4 Å². The van der Waals surface area contributed by atoms with Gasteiger partial charge in [-0.15, -0.1) is 18.3 Å². The molecule has 3 aliphatic rings. The molecular formula is C29H37BrN6O5. The summed E-state index contributed by atoms with van der Waals surface area (Å²) in [6, 6.07) is 5.75. The summed E-state index contributed by atoms with van der Waals surface area (Å²) < 4.78 is 8.26. The highest BCUT2D eigenvalue weighted by atomic mass is 79.9. The first kappa shape index (κ1) is 29.4. The third-order valence-electron chi connectivity index (χ3n) is 8.53. The smallest absolute Gasteiger partial charge is 0.250 e. The number of amides is 3. The predicted molar refractivity (Wildman–Crippen MR) is 156 cm³/mol. The van der Waals surface area contributed by atoms with Gasteiger partial charge in [0.2, 0.25) is 17.7 Å². The van der Waals surface area contributed by atoms with Crippen LogP contribution in [0.2, 0.25) is 0 Å². The van der Waals surface area contributed by atoms with Gasteiger partial charge in [-0.25, -0.2) is 4.68 Å². The molecule has 2 bridgehead atoms. The normalized spacial score (nSPS) is 29.0. The van der Waals surface area contributed by atoms with E-state index in [0.717, 1.165) is 11.9 Å². The number of aromatic nitrogens is 3. The van der Waals surface area contributed by atoms with Gasteiger partial charge in [0.05, 0.1) is 36.1 Å². The minimum Gasteiger partial charge on any atom is -0.394 e. The Labute approximate surface area is 247 Å². The highest BCUT2D eigenvalue weighted by Gasteiger charge is 2.77. The summed E-state index contributed by atoms with van der Waals surface area (Å²) in [6.07, 6.45) is 3.86. The molecule has 3 aliphatic heterocycles. The van der Waals surface area contributed by atoms with E-state index in [-0.39, 0.29) is 42.4 Å². The number of aliphatic hydroxyl groups is 1. The van der Waals surface area contributed by atoms with Crippen molar-refractivity contribution in [2.45, 2.75) is 62.0 Å². The van der Waals surface area contributed by atoms with Gasteiger partial charge in [0.15, 0.2) is 0 Å². The quantitative estimate of drug-likeness (QED) is 0.282. The van der Waals surface area contributed by atoms with E-state index < -0.39 is 35.6 Å². The Kier molecular flexibility index (Phi) is 8.36. The molecule has 1 N–H and O–H groups in total. The van der Waals surface area contributed by atoms with Crippen molar-refractivity contribution in [3.63, 3.8) is 0 Å². The van der Waals surface area contributed by atoms with Crippen molar-refractivity contribution in [1.29, 1.82) is 0 Å². The average molecular weight is 630 g/mol. The molecule has 1 spiro atoms. The van der Waals surface area contributed by atoms with Crippen LogP contribution in [0.3, 0.4) is 0 Å². The Morgan fingerprint density at radius 3 is 2.63 bits per heavy atom. The van der Waals surface area contributed by atoms with Crippen LogP contribution in [0, 0.1) is 11.8 Å². The summed E-state index contributed by atoms with van der Waals surface area (Å²) >= 11 is 3.72. The number of fused-ring (bicyclic) bond motifs is 2. The summed E-state index contributed by atoms with van der Waals surface area (Å²) in [6.45, 7) is 12.1. The van der Waals surface area contributed by atoms with Crippen LogP contribution >= 0.6 is 15.9 Å². The van der Waals surface area contributed by atoms with E-state index in [1.165, 1.54) is 4.90 Å². The Morgan fingerprint density at radius 1 is 1.24 bits per heavy atom. The molecule has 220 valence electrons. The number of para-hydroxylation sites is 1. The molecule has 11 nitrogen and oxygen atoms in total. The summed E-state index contributed by atoms with van der Waals surface area (Å²) in [5.74, 6) is -2.48. The highest BCUT2D eigenvalue weighted by molar-refractivity contribution is 9.09. The third-order valence-corrected chi connectivity index (χ3v) is 9.37. The molecule has 3 fully saturated rings.